The van der Waals surface area contributed by atoms with Crippen LogP contribution in [0.4, 0.5) is 16.2 Å². The molecule has 0 atom stereocenters. The van der Waals surface area contributed by atoms with Crippen LogP contribution in [0.3, 0.4) is 0 Å². The van der Waals surface area contributed by atoms with Crippen LogP contribution >= 0.6 is 0 Å². The summed E-state index contributed by atoms with van der Waals surface area (Å²) < 4.78 is 0. The van der Waals surface area contributed by atoms with E-state index in [0.717, 1.165) is 0 Å². The van der Waals surface area contributed by atoms with Crippen molar-refractivity contribution in [3.63, 3.8) is 0 Å². The second-order valence-corrected chi connectivity index (χ2v) is 2.26. The van der Waals surface area contributed by atoms with E-state index in [2.05, 4.69) is 5.32 Å². The molecule has 0 aliphatic carbocycles. The van der Waals surface area contributed by atoms with Crippen molar-refractivity contribution in [1.29, 1.82) is 0 Å². The summed E-state index contributed by atoms with van der Waals surface area (Å²) >= 11 is 0. The van der Waals surface area contributed by atoms with Crippen molar-refractivity contribution in [1.82, 2.24) is 0 Å². The second-order valence-electron chi connectivity index (χ2n) is 2.26. The molecule has 0 aliphatic rings. The summed E-state index contributed by atoms with van der Waals surface area (Å²) in [6.45, 7) is 0. The molecule has 0 saturated carbocycles. The van der Waals surface area contributed by atoms with Gasteiger partial charge < -0.3 is 11.1 Å². The van der Waals surface area contributed by atoms with Gasteiger partial charge in [-0.2, -0.15) is 0 Å². The maximum atomic E-state index is 10.3. The van der Waals surface area contributed by atoms with Crippen LogP contribution in [0, 0.1) is 10.1 Å². The van der Waals surface area contributed by atoms with Crippen molar-refractivity contribution in [2.24, 2.45) is 0 Å². The number of benzene rings is 1. The summed E-state index contributed by atoms with van der Waals surface area (Å²) in [5, 5.41) is 12.4. The molecule has 6 nitrogen and oxygen atoms in total. The third-order valence-electron chi connectivity index (χ3n) is 1.34. The molecule has 1 rings (SSSR count). The number of hydrogen-bond acceptors (Lipinski definition) is 3. The van der Waals surface area contributed by atoms with Gasteiger partial charge in [0.2, 0.25) is 0 Å². The Morgan fingerprint density at radius 3 is 2.21 bits per heavy atom. The first kappa shape index (κ1) is 13.9. The van der Waals surface area contributed by atoms with Crippen molar-refractivity contribution in [2.75, 3.05) is 5.32 Å². The Hall–Kier alpha value is -0.0581. The van der Waals surface area contributed by atoms with Crippen molar-refractivity contribution in [2.45, 2.75) is 0 Å². The maximum Gasteiger partial charge on any atom is 1.00 e. The number of anilines is 1. The molecule has 0 fully saturated rings. The Morgan fingerprint density at radius 1 is 1.36 bits per heavy atom. The van der Waals surface area contributed by atoms with Crippen molar-refractivity contribution in [3.05, 3.63) is 40.1 Å². The molecule has 0 aliphatic heterocycles. The second kappa shape index (κ2) is 6.43. The van der Waals surface area contributed by atoms with Crippen LogP contribution in [-0.2, 0) is 0 Å². The van der Waals surface area contributed by atoms with Gasteiger partial charge in [-0.1, -0.05) is 12.1 Å². The third kappa shape index (κ3) is 4.44. The van der Waals surface area contributed by atoms with Crippen molar-refractivity contribution in [3.8, 4) is 0 Å². The minimum Gasteiger partial charge on any atom is -0.447 e. The number of urea groups is 1. The van der Waals surface area contributed by atoms with E-state index in [0.29, 0.717) is 5.69 Å². The van der Waals surface area contributed by atoms with E-state index in [1.807, 2.05) is 0 Å². The quantitative estimate of drug-likeness (QED) is 0.571. The fourth-order valence-electron chi connectivity index (χ4n) is 0.798. The van der Waals surface area contributed by atoms with E-state index >= 15 is 0 Å². The number of carbonyl (C=O) groups is 1. The molecule has 0 radical (unpaired) electrons. The molecule has 2 amide bonds. The van der Waals surface area contributed by atoms with Crippen molar-refractivity contribution < 1.29 is 78.6 Å². The number of amides is 2. The van der Waals surface area contributed by atoms with Gasteiger partial charge in [0.1, 0.15) is 0 Å². The van der Waals surface area contributed by atoms with Crippen LogP contribution in [0.25, 0.3) is 5.73 Å². The van der Waals surface area contributed by atoms with Gasteiger partial charge in [-0.25, -0.2) is 0 Å². The number of carbonyl (C=O) groups excluding carboxylic acids is 1. The molecule has 68 valence electrons. The average Bonchev–Trinajstić information content (AvgIpc) is 2.04. The molecule has 0 aromatic heterocycles. The Bertz CT molecular complexity index is 339. The number of rotatable bonds is 2. The zero-order valence-corrected chi connectivity index (χ0v) is 13.8. The van der Waals surface area contributed by atoms with Gasteiger partial charge in [0, 0.05) is 12.1 Å². The zero-order valence-electron chi connectivity index (χ0n) is 7.48. The Balaban J connectivity index is 0.00000169. The molecule has 0 spiro atoms. The molecule has 14 heavy (non-hydrogen) atoms. The molecule has 0 heterocycles. The number of nitro benzene ring substituents is 1. The van der Waals surface area contributed by atoms with Crippen LogP contribution in [0.15, 0.2) is 24.3 Å². The summed E-state index contributed by atoms with van der Waals surface area (Å²) in [5.41, 5.74) is 6.88. The van der Waals surface area contributed by atoms with E-state index in [1.54, 1.807) is 0 Å². The van der Waals surface area contributed by atoms with Gasteiger partial charge in [-0.15, -0.1) is 0 Å². The molecule has 7 heteroatoms. The van der Waals surface area contributed by atoms with E-state index in [1.165, 1.54) is 24.3 Å². The average molecular weight is 313 g/mol. The summed E-state index contributed by atoms with van der Waals surface area (Å²) in [6.07, 6.45) is 0. The minimum atomic E-state index is -0.950. The van der Waals surface area contributed by atoms with E-state index < -0.39 is 11.0 Å². The molecular formula is C7H6CsN3O3. The molecule has 2 N–H and O–H groups in total. The largest absolute Gasteiger partial charge is 1.00 e. The summed E-state index contributed by atoms with van der Waals surface area (Å²) in [6, 6.07) is 4.29. The number of hydrogen-bond donors (Lipinski definition) is 1. The first-order valence-corrected chi connectivity index (χ1v) is 3.36. The third-order valence-corrected chi connectivity index (χ3v) is 1.34. The number of nitrogens with one attached hydrogen (secondary N) is 2. The van der Waals surface area contributed by atoms with Crippen LogP contribution in [0.5, 0.6) is 0 Å². The standard InChI is InChI=1S/C7H7N3O3.Cs/c8-7(11)9-5-1-3-6(4-2-5)10(12)13;/h1-4H,(H3,8,9,11);/q;+1/p-1. The zero-order chi connectivity index (χ0) is 9.84. The van der Waals surface area contributed by atoms with Crippen LogP contribution in [0.1, 0.15) is 0 Å². The predicted molar refractivity (Wildman–Crippen MR) is 46.4 cm³/mol. The SMILES string of the molecule is [Cs+].[NH-]C(=O)Nc1ccc([N+](=O)[O-])cc1. The number of nitro groups is 1. The Labute approximate surface area is 139 Å². The number of non-ortho nitro benzene ring substituents is 1. The van der Waals surface area contributed by atoms with Crippen LogP contribution < -0.4 is 74.2 Å². The van der Waals surface area contributed by atoms with Gasteiger partial charge in [0.15, 0.2) is 6.03 Å². The summed E-state index contributed by atoms with van der Waals surface area (Å²) in [5.74, 6) is 0. The van der Waals surface area contributed by atoms with Crippen molar-refractivity contribution >= 4 is 17.4 Å². The van der Waals surface area contributed by atoms with Gasteiger partial charge in [-0.05, 0) is 5.69 Å². The topological polar surface area (TPSA) is 96.0 Å². The normalized spacial score (nSPS) is 8.57. The van der Waals surface area contributed by atoms with Crippen LogP contribution in [-0.4, -0.2) is 11.0 Å². The smallest absolute Gasteiger partial charge is 0.447 e. The van der Waals surface area contributed by atoms with Gasteiger partial charge in [0.25, 0.3) is 5.69 Å². The first-order valence-electron chi connectivity index (χ1n) is 3.36. The fourth-order valence-corrected chi connectivity index (χ4v) is 0.798. The predicted octanol–water partition coefficient (Wildman–Crippen LogP) is -0.817. The molecule has 0 bridgehead atoms. The van der Waals surface area contributed by atoms with Crippen LogP contribution in [0.2, 0.25) is 0 Å². The number of nitrogens with zero attached hydrogens (tertiary/aromatic N) is 1. The van der Waals surface area contributed by atoms with E-state index in [9.17, 15) is 14.9 Å². The molecular weight excluding hydrogens is 307 g/mol. The van der Waals surface area contributed by atoms with Gasteiger partial charge in [-0.3, -0.25) is 14.9 Å². The van der Waals surface area contributed by atoms with E-state index in [4.69, 9.17) is 5.73 Å². The van der Waals surface area contributed by atoms with Gasteiger partial charge >= 0.3 is 68.9 Å². The maximum absolute atomic E-state index is 10.3. The van der Waals surface area contributed by atoms with Gasteiger partial charge in [0.05, 0.1) is 4.92 Å². The molecule has 0 saturated heterocycles. The fraction of sp³-hybridized carbons (Fsp3) is 0. The minimum absolute atomic E-state index is 0. The Kier molecular flexibility index (Phi) is 6.40. The monoisotopic (exact) mass is 313 g/mol. The molecule has 1 aromatic rings. The molecule has 1 aromatic carbocycles. The van der Waals surface area contributed by atoms with E-state index in [-0.39, 0.29) is 74.6 Å². The summed E-state index contributed by atoms with van der Waals surface area (Å²) in [7, 11) is 0. The Morgan fingerprint density at radius 2 is 1.86 bits per heavy atom. The summed E-state index contributed by atoms with van der Waals surface area (Å²) in [4.78, 5) is 19.9. The molecule has 0 unspecified atom stereocenters. The first-order chi connectivity index (χ1) is 6.09.